The summed E-state index contributed by atoms with van der Waals surface area (Å²) < 4.78 is 17.4. The van der Waals surface area contributed by atoms with Gasteiger partial charge in [-0.3, -0.25) is 4.79 Å². The lowest BCUT2D eigenvalue weighted by atomic mass is 9.97. The zero-order valence-corrected chi connectivity index (χ0v) is 15.8. The topological polar surface area (TPSA) is 48.0 Å². The van der Waals surface area contributed by atoms with Crippen LogP contribution >= 0.6 is 0 Å². The molecule has 142 valence electrons. The molecule has 0 radical (unpaired) electrons. The molecule has 1 heterocycles. The number of carbonyl (C=O) groups excluding carboxylic acids is 1. The van der Waals surface area contributed by atoms with Gasteiger partial charge in [0, 0.05) is 12.5 Å². The van der Waals surface area contributed by atoms with E-state index in [1.807, 2.05) is 24.3 Å². The number of methoxy groups -OCH3 is 1. The van der Waals surface area contributed by atoms with Crippen LogP contribution < -0.4 is 9.47 Å². The molecule has 2 aromatic carbocycles. The molecule has 2 aliphatic rings. The molecule has 27 heavy (non-hydrogen) atoms. The third kappa shape index (κ3) is 3.65. The van der Waals surface area contributed by atoms with E-state index in [4.69, 9.17) is 14.2 Å². The first-order chi connectivity index (χ1) is 13.1. The summed E-state index contributed by atoms with van der Waals surface area (Å²) in [5, 5.41) is 0. The Labute approximate surface area is 159 Å². The molecule has 0 aromatic heterocycles. The maximum absolute atomic E-state index is 11.6. The predicted octanol–water partition coefficient (Wildman–Crippen LogP) is 3.34. The number of hydrogen-bond donors (Lipinski definition) is 0. The Morgan fingerprint density at radius 3 is 2.59 bits per heavy atom. The van der Waals surface area contributed by atoms with Crippen molar-refractivity contribution in [1.82, 2.24) is 4.90 Å². The van der Waals surface area contributed by atoms with Gasteiger partial charge in [0.05, 0.1) is 20.3 Å². The molecule has 1 aliphatic heterocycles. The smallest absolute Gasteiger partial charge is 0.248 e. The van der Waals surface area contributed by atoms with Crippen LogP contribution in [0.15, 0.2) is 48.5 Å². The highest BCUT2D eigenvalue weighted by Crippen LogP contribution is 2.48. The van der Waals surface area contributed by atoms with Crippen molar-refractivity contribution in [2.45, 2.75) is 24.4 Å². The van der Waals surface area contributed by atoms with Gasteiger partial charge in [0.25, 0.3) is 0 Å². The van der Waals surface area contributed by atoms with Crippen molar-refractivity contribution in [3.05, 3.63) is 59.7 Å². The molecule has 4 rings (SSSR count). The van der Waals surface area contributed by atoms with Gasteiger partial charge in [0.15, 0.2) is 11.5 Å². The lowest BCUT2D eigenvalue weighted by molar-refractivity contribution is -0.147. The Morgan fingerprint density at radius 2 is 1.93 bits per heavy atom. The van der Waals surface area contributed by atoms with Gasteiger partial charge in [-0.15, -0.1) is 0 Å². The minimum absolute atomic E-state index is 0.00905. The maximum Gasteiger partial charge on any atom is 0.248 e. The molecule has 1 aliphatic carbocycles. The molecule has 5 nitrogen and oxygen atoms in total. The fourth-order valence-electron chi connectivity index (χ4n) is 3.57. The molecular weight excluding hydrogens is 342 g/mol. The fourth-order valence-corrected chi connectivity index (χ4v) is 3.57. The highest BCUT2D eigenvalue weighted by atomic mass is 16.5. The second kappa shape index (κ2) is 7.24. The minimum Gasteiger partial charge on any atom is -0.493 e. The Kier molecular flexibility index (Phi) is 4.79. The highest BCUT2D eigenvalue weighted by Gasteiger charge is 2.45. The van der Waals surface area contributed by atoms with E-state index in [1.54, 1.807) is 19.1 Å². The second-order valence-corrected chi connectivity index (χ2v) is 7.42. The average Bonchev–Trinajstić information content (AvgIpc) is 3.50. The Morgan fingerprint density at radius 1 is 1.15 bits per heavy atom. The van der Waals surface area contributed by atoms with Crippen LogP contribution in [-0.4, -0.2) is 44.7 Å². The summed E-state index contributed by atoms with van der Waals surface area (Å²) in [6, 6.07) is 16.4. The van der Waals surface area contributed by atoms with Crippen LogP contribution in [0, 0.1) is 0 Å². The van der Waals surface area contributed by atoms with Gasteiger partial charge in [0.2, 0.25) is 5.91 Å². The van der Waals surface area contributed by atoms with Gasteiger partial charge in [-0.2, -0.15) is 0 Å². The number of amides is 1. The maximum atomic E-state index is 11.6. The number of nitrogens with zero attached hydrogens (tertiary/aromatic N) is 1. The number of likely N-dealkylation sites (N-methyl/N-ethyl adjacent to an activating group) is 1. The third-order valence-electron chi connectivity index (χ3n) is 5.58. The van der Waals surface area contributed by atoms with E-state index in [0.29, 0.717) is 18.9 Å². The van der Waals surface area contributed by atoms with Gasteiger partial charge in [0.1, 0.15) is 12.7 Å². The van der Waals surface area contributed by atoms with E-state index in [2.05, 4.69) is 24.3 Å². The standard InChI is InChI=1S/C22H25NO4/c1-23-13-20(26-14-21(23)24)16-8-9-18(25-2)19(12-16)27-15-22(10-11-22)17-6-4-3-5-7-17/h3-9,12,20H,10-11,13-15H2,1-2H3. The molecule has 1 atom stereocenters. The molecule has 5 heteroatoms. The lowest BCUT2D eigenvalue weighted by Crippen LogP contribution is -2.40. The normalized spacial score (nSPS) is 21.0. The zero-order valence-electron chi connectivity index (χ0n) is 15.8. The Hall–Kier alpha value is -2.53. The van der Waals surface area contributed by atoms with Crippen LogP contribution in [0.25, 0.3) is 0 Å². The molecule has 2 fully saturated rings. The molecule has 1 amide bonds. The zero-order chi connectivity index (χ0) is 18.9. The van der Waals surface area contributed by atoms with E-state index in [9.17, 15) is 4.79 Å². The van der Waals surface area contributed by atoms with Crippen molar-refractivity contribution in [2.24, 2.45) is 0 Å². The van der Waals surface area contributed by atoms with Crippen molar-refractivity contribution < 1.29 is 19.0 Å². The molecular formula is C22H25NO4. The largest absolute Gasteiger partial charge is 0.493 e. The Bertz CT molecular complexity index is 816. The van der Waals surface area contributed by atoms with Gasteiger partial charge in [-0.1, -0.05) is 36.4 Å². The SMILES string of the molecule is COc1ccc(C2CN(C)C(=O)CO2)cc1OCC1(c2ccccc2)CC1. The predicted molar refractivity (Wildman–Crippen MR) is 102 cm³/mol. The summed E-state index contributed by atoms with van der Waals surface area (Å²) in [5.74, 6) is 1.44. The van der Waals surface area contributed by atoms with Crippen LogP contribution in [0.4, 0.5) is 0 Å². The summed E-state index contributed by atoms with van der Waals surface area (Å²) >= 11 is 0. The van der Waals surface area contributed by atoms with Gasteiger partial charge in [-0.05, 0) is 36.1 Å². The summed E-state index contributed by atoms with van der Waals surface area (Å²) in [6.07, 6.45) is 2.12. The third-order valence-corrected chi connectivity index (χ3v) is 5.58. The monoisotopic (exact) mass is 367 g/mol. The molecule has 1 unspecified atom stereocenters. The minimum atomic E-state index is -0.148. The number of benzene rings is 2. The van der Waals surface area contributed by atoms with Crippen molar-refractivity contribution in [2.75, 3.05) is 33.9 Å². The van der Waals surface area contributed by atoms with Crippen molar-refractivity contribution in [1.29, 1.82) is 0 Å². The van der Waals surface area contributed by atoms with Crippen LogP contribution in [0.2, 0.25) is 0 Å². The van der Waals surface area contributed by atoms with Gasteiger partial charge >= 0.3 is 0 Å². The van der Waals surface area contributed by atoms with Crippen molar-refractivity contribution in [3.63, 3.8) is 0 Å². The number of ether oxygens (including phenoxy) is 3. The van der Waals surface area contributed by atoms with E-state index < -0.39 is 0 Å². The quantitative estimate of drug-likeness (QED) is 0.786. The van der Waals surface area contributed by atoms with Crippen LogP contribution in [0.3, 0.4) is 0 Å². The van der Waals surface area contributed by atoms with E-state index in [-0.39, 0.29) is 24.0 Å². The van der Waals surface area contributed by atoms with Crippen LogP contribution in [0.1, 0.15) is 30.1 Å². The summed E-state index contributed by atoms with van der Waals surface area (Å²) in [5.41, 5.74) is 2.43. The first-order valence-corrected chi connectivity index (χ1v) is 9.33. The number of hydrogen-bond acceptors (Lipinski definition) is 4. The van der Waals surface area contributed by atoms with E-state index in [1.165, 1.54) is 5.56 Å². The highest BCUT2D eigenvalue weighted by molar-refractivity contribution is 5.77. The van der Waals surface area contributed by atoms with Gasteiger partial charge in [-0.25, -0.2) is 0 Å². The van der Waals surface area contributed by atoms with Crippen molar-refractivity contribution >= 4 is 5.91 Å². The number of carbonyl (C=O) groups is 1. The molecule has 0 N–H and O–H groups in total. The summed E-state index contributed by atoms with van der Waals surface area (Å²) in [7, 11) is 3.45. The Balaban J connectivity index is 1.51. The molecule has 0 spiro atoms. The molecule has 0 bridgehead atoms. The fraction of sp³-hybridized carbons (Fsp3) is 0.409. The average molecular weight is 367 g/mol. The molecule has 1 saturated heterocycles. The van der Waals surface area contributed by atoms with E-state index >= 15 is 0 Å². The van der Waals surface area contributed by atoms with Crippen LogP contribution in [-0.2, 0) is 14.9 Å². The van der Waals surface area contributed by atoms with Crippen molar-refractivity contribution in [3.8, 4) is 11.5 Å². The molecule has 1 saturated carbocycles. The van der Waals surface area contributed by atoms with E-state index in [0.717, 1.165) is 24.2 Å². The first kappa shape index (κ1) is 17.9. The number of rotatable bonds is 6. The van der Waals surface area contributed by atoms with Gasteiger partial charge < -0.3 is 19.1 Å². The number of morpholine rings is 1. The summed E-state index contributed by atoms with van der Waals surface area (Å²) in [4.78, 5) is 13.4. The molecule has 2 aromatic rings. The second-order valence-electron chi connectivity index (χ2n) is 7.42. The first-order valence-electron chi connectivity index (χ1n) is 9.33. The lowest BCUT2D eigenvalue weighted by Gasteiger charge is -2.30. The summed E-state index contributed by atoms with van der Waals surface area (Å²) in [6.45, 7) is 1.28. The van der Waals surface area contributed by atoms with Crippen LogP contribution in [0.5, 0.6) is 11.5 Å².